The lowest BCUT2D eigenvalue weighted by molar-refractivity contribution is -0.305. The van der Waals surface area contributed by atoms with E-state index in [2.05, 4.69) is 0 Å². The van der Waals surface area contributed by atoms with Crippen LogP contribution in [0.4, 0.5) is 0 Å². The van der Waals surface area contributed by atoms with Crippen LogP contribution in [0.1, 0.15) is 27.9 Å². The topological polar surface area (TPSA) is 96.0 Å². The van der Waals surface area contributed by atoms with Gasteiger partial charge in [-0.15, -0.1) is 0 Å². The minimum atomic E-state index is -1.34. The average molecular weight is 399 g/mol. The first-order valence-electron chi connectivity index (χ1n) is 8.42. The van der Waals surface area contributed by atoms with Gasteiger partial charge in [0.2, 0.25) is 6.79 Å². The first-order chi connectivity index (χ1) is 13.5. The molecule has 2 aromatic rings. The Labute approximate surface area is 164 Å². The van der Waals surface area contributed by atoms with E-state index in [0.717, 1.165) is 4.90 Å². The van der Waals surface area contributed by atoms with Crippen LogP contribution in [0.5, 0.6) is 11.5 Å². The van der Waals surface area contributed by atoms with E-state index in [-0.39, 0.29) is 18.9 Å². The number of carboxylic acid groups (broad SMARTS) is 1. The van der Waals surface area contributed by atoms with Crippen molar-refractivity contribution in [2.24, 2.45) is 0 Å². The Morgan fingerprint density at radius 1 is 1.14 bits per heavy atom. The Morgan fingerprint density at radius 2 is 1.89 bits per heavy atom. The van der Waals surface area contributed by atoms with Crippen LogP contribution in [-0.2, 0) is 9.59 Å². The molecule has 28 heavy (non-hydrogen) atoms. The summed E-state index contributed by atoms with van der Waals surface area (Å²) in [6, 6.07) is 9.96. The molecule has 0 aliphatic carbocycles. The lowest BCUT2D eigenvalue weighted by Gasteiger charge is -2.28. The molecule has 0 saturated heterocycles. The van der Waals surface area contributed by atoms with Crippen molar-refractivity contribution in [2.45, 2.75) is 6.42 Å². The zero-order valence-corrected chi connectivity index (χ0v) is 15.2. The van der Waals surface area contributed by atoms with E-state index in [9.17, 15) is 19.5 Å². The number of fused-ring (bicyclic) bond motifs is 2. The van der Waals surface area contributed by atoms with Gasteiger partial charge in [-0.25, -0.2) is 0 Å². The van der Waals surface area contributed by atoms with Gasteiger partial charge < -0.3 is 19.4 Å². The fraction of sp³-hybridized carbons (Fsp3) is 0.150. The molecular formula is C20H13ClNO6-. The summed E-state index contributed by atoms with van der Waals surface area (Å²) >= 11 is 6.21. The van der Waals surface area contributed by atoms with Gasteiger partial charge in [-0.05, 0) is 35.4 Å². The van der Waals surface area contributed by atoms with Crippen LogP contribution in [0.25, 0.3) is 11.6 Å². The molecule has 2 aromatic carbocycles. The highest BCUT2D eigenvalue weighted by atomic mass is 35.5. The van der Waals surface area contributed by atoms with Crippen LogP contribution in [0.2, 0.25) is 5.02 Å². The third kappa shape index (κ3) is 3.10. The van der Waals surface area contributed by atoms with Gasteiger partial charge in [-0.1, -0.05) is 29.8 Å². The first kappa shape index (κ1) is 18.1. The largest absolute Gasteiger partial charge is 0.550 e. The number of carbonyl (C=O) groups excluding carboxylic acids is 3. The molecule has 0 fully saturated rings. The first-order valence-corrected chi connectivity index (χ1v) is 8.80. The summed E-state index contributed by atoms with van der Waals surface area (Å²) < 4.78 is 10.6. The zero-order valence-electron chi connectivity index (χ0n) is 14.4. The number of carbonyl (C=O) groups is 3. The second-order valence-corrected chi connectivity index (χ2v) is 6.63. The predicted molar refractivity (Wildman–Crippen MR) is 97.6 cm³/mol. The van der Waals surface area contributed by atoms with Crippen LogP contribution < -0.4 is 14.6 Å². The van der Waals surface area contributed by atoms with Crippen molar-refractivity contribution in [1.82, 2.24) is 4.90 Å². The summed E-state index contributed by atoms with van der Waals surface area (Å²) in [5, 5.41) is 11.1. The van der Waals surface area contributed by atoms with Crippen molar-refractivity contribution in [2.75, 3.05) is 13.3 Å². The molecule has 2 heterocycles. The number of benzene rings is 2. The molecule has 8 heteroatoms. The van der Waals surface area contributed by atoms with Crippen molar-refractivity contribution in [3.05, 3.63) is 58.1 Å². The SMILES string of the molecule is O=C([O-])CCN1C(=O)C(=Cc2cc(Cl)c3c(c2)OCO3)c2ccccc2C1=O. The monoisotopic (exact) mass is 398 g/mol. The van der Waals surface area contributed by atoms with Gasteiger partial charge in [0.1, 0.15) is 0 Å². The maximum Gasteiger partial charge on any atom is 0.261 e. The van der Waals surface area contributed by atoms with Crippen molar-refractivity contribution < 1.29 is 29.0 Å². The van der Waals surface area contributed by atoms with Gasteiger partial charge in [-0.2, -0.15) is 0 Å². The highest BCUT2D eigenvalue weighted by Gasteiger charge is 2.34. The Bertz CT molecular complexity index is 1040. The highest BCUT2D eigenvalue weighted by Crippen LogP contribution is 2.41. The van der Waals surface area contributed by atoms with E-state index >= 15 is 0 Å². The number of hydrogen-bond donors (Lipinski definition) is 0. The normalized spacial score (nSPS) is 16.5. The smallest absolute Gasteiger partial charge is 0.261 e. The van der Waals surface area contributed by atoms with E-state index in [1.54, 1.807) is 42.5 Å². The maximum absolute atomic E-state index is 13.0. The van der Waals surface area contributed by atoms with Crippen LogP contribution in [0, 0.1) is 0 Å². The number of halogens is 1. The summed E-state index contributed by atoms with van der Waals surface area (Å²) in [4.78, 5) is 37.3. The third-order valence-electron chi connectivity index (χ3n) is 4.47. The molecule has 2 aliphatic heterocycles. The second kappa shape index (κ2) is 7.01. The van der Waals surface area contributed by atoms with E-state index in [0.29, 0.717) is 33.2 Å². The molecule has 142 valence electrons. The standard InChI is InChI=1S/C20H14ClNO6/c21-15-8-11(9-16-18(15)28-10-27-16)7-14-12-3-1-2-4-13(12)19(25)22(20(14)26)6-5-17(23)24/h1-4,7-9H,5-6,10H2,(H,23,24)/p-1. The van der Waals surface area contributed by atoms with Crippen LogP contribution in [0.15, 0.2) is 36.4 Å². The highest BCUT2D eigenvalue weighted by molar-refractivity contribution is 6.34. The van der Waals surface area contributed by atoms with Crippen LogP contribution in [-0.4, -0.2) is 36.0 Å². The molecule has 0 radical (unpaired) electrons. The average Bonchev–Trinajstić information content (AvgIpc) is 3.14. The van der Waals surface area contributed by atoms with Gasteiger partial charge >= 0.3 is 0 Å². The lowest BCUT2D eigenvalue weighted by Crippen LogP contribution is -2.43. The van der Waals surface area contributed by atoms with Gasteiger partial charge in [0.25, 0.3) is 11.8 Å². The van der Waals surface area contributed by atoms with Crippen molar-refractivity contribution >= 4 is 41.0 Å². The lowest BCUT2D eigenvalue weighted by atomic mass is 9.92. The predicted octanol–water partition coefficient (Wildman–Crippen LogP) is 1.73. The molecule has 0 saturated carbocycles. The van der Waals surface area contributed by atoms with E-state index in [1.165, 1.54) is 0 Å². The van der Waals surface area contributed by atoms with Crippen molar-refractivity contribution in [3.8, 4) is 11.5 Å². The zero-order chi connectivity index (χ0) is 19.8. The number of amides is 2. The van der Waals surface area contributed by atoms with Crippen LogP contribution in [0.3, 0.4) is 0 Å². The number of ether oxygens (including phenoxy) is 2. The molecule has 0 bridgehead atoms. The van der Waals surface area contributed by atoms with Gasteiger partial charge in [-0.3, -0.25) is 14.5 Å². The van der Waals surface area contributed by atoms with Gasteiger partial charge in [0.05, 0.1) is 5.02 Å². The number of nitrogens with zero attached hydrogens (tertiary/aromatic N) is 1. The second-order valence-electron chi connectivity index (χ2n) is 6.22. The fourth-order valence-electron chi connectivity index (χ4n) is 3.19. The third-order valence-corrected chi connectivity index (χ3v) is 4.75. The Morgan fingerprint density at radius 3 is 2.64 bits per heavy atom. The quantitative estimate of drug-likeness (QED) is 0.575. The molecule has 0 atom stereocenters. The van der Waals surface area contributed by atoms with E-state index < -0.39 is 24.2 Å². The van der Waals surface area contributed by atoms with Gasteiger partial charge in [0, 0.05) is 30.1 Å². The fourth-order valence-corrected chi connectivity index (χ4v) is 3.46. The molecule has 0 aromatic heterocycles. The Hall–Kier alpha value is -3.32. The summed E-state index contributed by atoms with van der Waals surface area (Å²) in [6.45, 7) is -0.212. The summed E-state index contributed by atoms with van der Waals surface area (Å²) in [5.41, 5.74) is 1.62. The molecule has 0 unspecified atom stereocenters. The van der Waals surface area contributed by atoms with Crippen molar-refractivity contribution in [1.29, 1.82) is 0 Å². The molecule has 2 amide bonds. The molecule has 7 nitrogen and oxygen atoms in total. The summed E-state index contributed by atoms with van der Waals surface area (Å²) in [6.07, 6.45) is 1.15. The molecule has 4 rings (SSSR count). The molecular weight excluding hydrogens is 386 g/mol. The number of carboxylic acids is 1. The number of aliphatic carboxylic acids is 1. The number of rotatable bonds is 4. The molecule has 2 aliphatic rings. The van der Waals surface area contributed by atoms with E-state index in [1.807, 2.05) is 0 Å². The molecule has 0 spiro atoms. The molecule has 0 N–H and O–H groups in total. The van der Waals surface area contributed by atoms with E-state index in [4.69, 9.17) is 21.1 Å². The summed E-state index contributed by atoms with van der Waals surface area (Å²) in [7, 11) is 0. The van der Waals surface area contributed by atoms with Gasteiger partial charge in [0.15, 0.2) is 11.5 Å². The number of imide groups is 1. The summed E-state index contributed by atoms with van der Waals surface area (Å²) in [5.74, 6) is -1.57. The number of hydrogen-bond acceptors (Lipinski definition) is 6. The minimum absolute atomic E-state index is 0.0579. The minimum Gasteiger partial charge on any atom is -0.550 e. The Balaban J connectivity index is 1.80. The van der Waals surface area contributed by atoms with Crippen molar-refractivity contribution in [3.63, 3.8) is 0 Å². The Kier molecular flexibility index (Phi) is 4.52. The maximum atomic E-state index is 13.0. The van der Waals surface area contributed by atoms with Crippen LogP contribution >= 0.6 is 11.6 Å².